The van der Waals surface area contributed by atoms with E-state index in [1.807, 2.05) is 12.1 Å². The first-order valence-electron chi connectivity index (χ1n) is 6.60. The van der Waals surface area contributed by atoms with Gasteiger partial charge in [-0.05, 0) is 29.8 Å². The lowest BCUT2D eigenvalue weighted by Crippen LogP contribution is -2.12. The summed E-state index contributed by atoms with van der Waals surface area (Å²) in [7, 11) is -3.83. The Kier molecular flexibility index (Phi) is 4.36. The van der Waals surface area contributed by atoms with Crippen LogP contribution in [0.15, 0.2) is 39.9 Å². The number of ether oxygens (including phenoxy) is 1. The minimum atomic E-state index is -3.83. The molecule has 1 aromatic carbocycles. The van der Waals surface area contributed by atoms with E-state index in [1.165, 1.54) is 4.52 Å². The smallest absolute Gasteiger partial charge is 0.267 e. The maximum absolute atomic E-state index is 11.3. The van der Waals surface area contributed by atoms with Crippen LogP contribution in [0.25, 0.3) is 26.7 Å². The van der Waals surface area contributed by atoms with Gasteiger partial charge in [0.25, 0.3) is 10.0 Å². The van der Waals surface area contributed by atoms with Crippen LogP contribution in [0.4, 0.5) is 0 Å². The van der Waals surface area contributed by atoms with Gasteiger partial charge in [-0.25, -0.2) is 23.1 Å². The molecule has 124 valence electrons. The molecule has 2 heterocycles. The lowest BCUT2D eigenvalue weighted by Gasteiger charge is -2.04. The monoisotopic (exact) mass is 365 g/mol. The fourth-order valence-electron chi connectivity index (χ4n) is 1.91. The third-order valence-corrected chi connectivity index (χ3v) is 5.17. The van der Waals surface area contributed by atoms with Crippen LogP contribution >= 0.6 is 11.3 Å². The predicted molar refractivity (Wildman–Crippen MR) is 87.2 cm³/mol. The summed E-state index contributed by atoms with van der Waals surface area (Å²) < 4.78 is 29.1. The molecular weight excluding hydrogens is 354 g/mol. The summed E-state index contributed by atoms with van der Waals surface area (Å²) in [5.41, 5.74) is 9.65. The first-order valence-corrected chi connectivity index (χ1v) is 8.97. The van der Waals surface area contributed by atoms with E-state index in [0.29, 0.717) is 23.0 Å². The normalized spacial score (nSPS) is 11.4. The number of fused-ring (bicyclic) bond motifs is 1. The number of aromatic nitrogens is 3. The number of azide groups is 1. The van der Waals surface area contributed by atoms with E-state index in [-0.39, 0.29) is 10.9 Å². The summed E-state index contributed by atoms with van der Waals surface area (Å²) in [4.78, 5) is 7.41. The molecule has 2 N–H and O–H groups in total. The molecule has 0 radical (unpaired) electrons. The largest absolute Gasteiger partial charge is 0.493 e. The summed E-state index contributed by atoms with van der Waals surface area (Å²) in [5, 5.41) is 12.3. The molecule has 3 rings (SSSR count). The second-order valence-corrected chi connectivity index (χ2v) is 7.28. The predicted octanol–water partition coefficient (Wildman–Crippen LogP) is 1.79. The third-order valence-electron chi connectivity index (χ3n) is 2.94. The van der Waals surface area contributed by atoms with E-state index in [4.69, 9.17) is 15.4 Å². The number of hydrogen-bond acceptors (Lipinski definition) is 7. The fraction of sp³-hybridized carbons (Fsp3) is 0.167. The highest BCUT2D eigenvalue weighted by atomic mass is 32.2. The van der Waals surface area contributed by atoms with Crippen molar-refractivity contribution in [2.24, 2.45) is 10.3 Å². The van der Waals surface area contributed by atoms with E-state index in [1.54, 1.807) is 18.3 Å². The summed E-state index contributed by atoms with van der Waals surface area (Å²) >= 11 is 0.902. The molecule has 0 aliphatic rings. The number of nitrogens with two attached hydrogens (primary N) is 1. The number of hydrogen-bond donors (Lipinski definition) is 1. The van der Waals surface area contributed by atoms with Crippen molar-refractivity contribution in [1.82, 2.24) is 14.6 Å². The molecule has 24 heavy (non-hydrogen) atoms. The highest BCUT2D eigenvalue weighted by molar-refractivity contribution is 7.91. The first-order chi connectivity index (χ1) is 11.5. The quantitative estimate of drug-likeness (QED) is 0.306. The van der Waals surface area contributed by atoms with Crippen LogP contribution < -0.4 is 9.88 Å². The zero-order valence-electron chi connectivity index (χ0n) is 12.1. The summed E-state index contributed by atoms with van der Waals surface area (Å²) in [6.45, 7) is 0.553. The van der Waals surface area contributed by atoms with Crippen LogP contribution in [-0.4, -0.2) is 36.2 Å². The molecule has 0 aliphatic carbocycles. The average molecular weight is 365 g/mol. The van der Waals surface area contributed by atoms with Crippen LogP contribution in [0.5, 0.6) is 5.75 Å². The van der Waals surface area contributed by atoms with Gasteiger partial charge in [-0.3, -0.25) is 0 Å². The van der Waals surface area contributed by atoms with E-state index in [9.17, 15) is 8.42 Å². The maximum atomic E-state index is 11.3. The van der Waals surface area contributed by atoms with E-state index in [2.05, 4.69) is 20.1 Å². The molecule has 0 fully saturated rings. The van der Waals surface area contributed by atoms with Crippen LogP contribution in [0.3, 0.4) is 0 Å². The molecule has 3 aromatic rings. The maximum Gasteiger partial charge on any atom is 0.267 e. The number of primary sulfonamides is 1. The fourth-order valence-corrected chi connectivity index (χ4v) is 3.41. The van der Waals surface area contributed by atoms with Crippen molar-refractivity contribution in [2.45, 2.75) is 4.34 Å². The number of benzene rings is 1. The number of imidazole rings is 1. The Bertz CT molecular complexity index is 985. The molecule has 0 spiro atoms. The van der Waals surface area contributed by atoms with Gasteiger partial charge in [0, 0.05) is 10.5 Å². The molecular formula is C12H11N7O3S2. The topological polar surface area (TPSA) is 148 Å². The first kappa shape index (κ1) is 16.2. The molecule has 0 saturated heterocycles. The molecule has 2 aromatic heterocycles. The molecule has 0 aliphatic heterocycles. The van der Waals surface area contributed by atoms with Gasteiger partial charge in [-0.2, -0.15) is 0 Å². The Morgan fingerprint density at radius 2 is 2.12 bits per heavy atom. The van der Waals surface area contributed by atoms with Crippen molar-refractivity contribution in [3.8, 4) is 17.0 Å². The number of sulfonamides is 1. The second-order valence-electron chi connectivity index (χ2n) is 4.59. The number of nitrogens with zero attached hydrogens (tertiary/aromatic N) is 6. The van der Waals surface area contributed by atoms with Gasteiger partial charge in [0.15, 0.2) is 0 Å². The lowest BCUT2D eigenvalue weighted by atomic mass is 10.2. The van der Waals surface area contributed by atoms with Gasteiger partial charge in [-0.1, -0.05) is 16.5 Å². The Morgan fingerprint density at radius 3 is 2.75 bits per heavy atom. The molecule has 10 nitrogen and oxygen atoms in total. The average Bonchev–Trinajstić information content (AvgIpc) is 3.10. The van der Waals surface area contributed by atoms with E-state index in [0.717, 1.165) is 16.9 Å². The standard InChI is InChI=1S/C12H11N7O3S2/c13-18-15-5-6-22-9-3-1-8(2-4-9)10-7-19-11(16-10)23-12(17-19)24(14,20)21/h1-4,7H,5-6H2,(H2,14,20,21). The third kappa shape index (κ3) is 3.46. The Morgan fingerprint density at radius 1 is 1.38 bits per heavy atom. The lowest BCUT2D eigenvalue weighted by molar-refractivity contribution is 0.328. The summed E-state index contributed by atoms with van der Waals surface area (Å²) in [5.74, 6) is 0.641. The zero-order valence-corrected chi connectivity index (χ0v) is 13.7. The van der Waals surface area contributed by atoms with Crippen molar-refractivity contribution in [3.63, 3.8) is 0 Å². The van der Waals surface area contributed by atoms with Crippen molar-refractivity contribution in [1.29, 1.82) is 0 Å². The number of rotatable bonds is 6. The highest BCUT2D eigenvalue weighted by Crippen LogP contribution is 2.25. The van der Waals surface area contributed by atoms with Gasteiger partial charge >= 0.3 is 0 Å². The van der Waals surface area contributed by atoms with Crippen LogP contribution in [0.1, 0.15) is 0 Å². The molecule has 0 bridgehead atoms. The van der Waals surface area contributed by atoms with Crippen molar-refractivity contribution in [3.05, 3.63) is 40.9 Å². The Hall–Kier alpha value is -2.66. The molecule has 0 amide bonds. The van der Waals surface area contributed by atoms with Crippen molar-refractivity contribution >= 4 is 26.3 Å². The molecule has 0 atom stereocenters. The Labute approximate surface area is 140 Å². The van der Waals surface area contributed by atoms with Gasteiger partial charge < -0.3 is 4.74 Å². The zero-order chi connectivity index (χ0) is 17.2. The second kappa shape index (κ2) is 6.45. The summed E-state index contributed by atoms with van der Waals surface area (Å²) in [6, 6.07) is 7.16. The Balaban J connectivity index is 1.77. The van der Waals surface area contributed by atoms with Crippen molar-refractivity contribution in [2.75, 3.05) is 13.2 Å². The van der Waals surface area contributed by atoms with Crippen LogP contribution in [0, 0.1) is 0 Å². The minimum absolute atomic E-state index is 0.180. The van der Waals surface area contributed by atoms with Gasteiger partial charge in [0.05, 0.1) is 25.0 Å². The minimum Gasteiger partial charge on any atom is -0.493 e. The highest BCUT2D eigenvalue weighted by Gasteiger charge is 2.17. The van der Waals surface area contributed by atoms with Crippen LogP contribution in [0.2, 0.25) is 0 Å². The molecule has 0 saturated carbocycles. The molecule has 0 unspecified atom stereocenters. The van der Waals surface area contributed by atoms with Crippen LogP contribution in [-0.2, 0) is 10.0 Å². The summed E-state index contributed by atoms with van der Waals surface area (Å²) in [6.07, 6.45) is 1.62. The van der Waals surface area contributed by atoms with Gasteiger partial charge in [-0.15, -0.1) is 5.10 Å². The van der Waals surface area contributed by atoms with E-state index < -0.39 is 10.0 Å². The van der Waals surface area contributed by atoms with Crippen molar-refractivity contribution < 1.29 is 13.2 Å². The van der Waals surface area contributed by atoms with E-state index >= 15 is 0 Å². The van der Waals surface area contributed by atoms with Gasteiger partial charge in [0.2, 0.25) is 9.30 Å². The molecule has 12 heteroatoms. The SMILES string of the molecule is [N-]=[N+]=NCCOc1ccc(-c2cn3nc(S(N)(=O)=O)sc3n2)cc1. The van der Waals surface area contributed by atoms with Gasteiger partial charge in [0.1, 0.15) is 5.75 Å².